The van der Waals surface area contributed by atoms with Gasteiger partial charge in [-0.1, -0.05) is 15.9 Å². The summed E-state index contributed by atoms with van der Waals surface area (Å²) in [5, 5.41) is 1.06. The molecule has 138 valence electrons. The van der Waals surface area contributed by atoms with Crippen molar-refractivity contribution in [2.75, 3.05) is 24.5 Å². The second kappa shape index (κ2) is 6.31. The molecule has 0 saturated carbocycles. The number of nitrogens with two attached hydrogens (primary N) is 1. The molecule has 1 aliphatic heterocycles. The number of nitrogens with zero attached hydrogens (tertiary/aromatic N) is 4. The maximum absolute atomic E-state index is 6.26. The quantitative estimate of drug-likeness (QED) is 0.468. The van der Waals surface area contributed by atoms with Crippen LogP contribution in [0.5, 0.6) is 0 Å². The van der Waals surface area contributed by atoms with Crippen molar-refractivity contribution in [2.45, 2.75) is 18.3 Å². The number of aromatic nitrogens is 5. The molecule has 8 heteroatoms. The Morgan fingerprint density at radius 2 is 2.04 bits per heavy atom. The van der Waals surface area contributed by atoms with Crippen LogP contribution < -0.4 is 10.6 Å². The molecule has 0 atom stereocenters. The number of aromatic amines is 2. The molecule has 1 saturated heterocycles. The summed E-state index contributed by atoms with van der Waals surface area (Å²) in [5.74, 6) is 1.98. The van der Waals surface area contributed by atoms with Crippen molar-refractivity contribution in [1.29, 1.82) is 0 Å². The van der Waals surface area contributed by atoms with E-state index in [1.807, 2.05) is 24.4 Å². The summed E-state index contributed by atoms with van der Waals surface area (Å²) < 4.78 is 1.03. The first kappa shape index (κ1) is 16.7. The van der Waals surface area contributed by atoms with E-state index in [4.69, 9.17) is 10.7 Å². The third kappa shape index (κ3) is 2.71. The van der Waals surface area contributed by atoms with Crippen LogP contribution in [-0.4, -0.2) is 44.6 Å². The van der Waals surface area contributed by atoms with Crippen LogP contribution in [0.1, 0.15) is 18.7 Å². The van der Waals surface area contributed by atoms with Crippen molar-refractivity contribution in [3.63, 3.8) is 0 Å². The highest BCUT2D eigenvalue weighted by molar-refractivity contribution is 9.10. The molecule has 1 aromatic carbocycles. The van der Waals surface area contributed by atoms with Crippen LogP contribution in [0.15, 0.2) is 41.3 Å². The van der Waals surface area contributed by atoms with Crippen LogP contribution in [0, 0.1) is 0 Å². The van der Waals surface area contributed by atoms with E-state index in [9.17, 15) is 0 Å². The molecular weight excluding hydrogens is 406 g/mol. The highest BCUT2D eigenvalue weighted by atomic mass is 79.9. The number of rotatable bonds is 3. The fourth-order valence-electron chi connectivity index (χ4n) is 4.02. The zero-order valence-electron chi connectivity index (χ0n) is 14.7. The first-order chi connectivity index (χ1) is 13.2. The molecule has 3 aromatic heterocycles. The second-order valence-electron chi connectivity index (χ2n) is 7.16. The van der Waals surface area contributed by atoms with E-state index in [2.05, 4.69) is 46.8 Å². The van der Waals surface area contributed by atoms with Crippen LogP contribution in [0.25, 0.3) is 22.1 Å². The SMILES string of the molecule is NCC1(c2nc3cc(Br)ccc3[nH]2)CCN(c2ncnc3[nH]ccc23)CC1. The third-order valence-corrected chi connectivity index (χ3v) is 6.18. The summed E-state index contributed by atoms with van der Waals surface area (Å²) in [7, 11) is 0. The van der Waals surface area contributed by atoms with Crippen LogP contribution in [0.4, 0.5) is 5.82 Å². The lowest BCUT2D eigenvalue weighted by Crippen LogP contribution is -2.47. The van der Waals surface area contributed by atoms with Gasteiger partial charge >= 0.3 is 0 Å². The molecule has 0 unspecified atom stereocenters. The summed E-state index contributed by atoms with van der Waals surface area (Å²) in [6.07, 6.45) is 5.39. The zero-order chi connectivity index (χ0) is 18.4. The van der Waals surface area contributed by atoms with E-state index in [-0.39, 0.29) is 5.41 Å². The van der Waals surface area contributed by atoms with Gasteiger partial charge in [-0.25, -0.2) is 15.0 Å². The molecule has 0 amide bonds. The van der Waals surface area contributed by atoms with Crippen LogP contribution in [-0.2, 0) is 5.41 Å². The zero-order valence-corrected chi connectivity index (χ0v) is 16.3. The Kier molecular flexibility index (Phi) is 3.91. The second-order valence-corrected chi connectivity index (χ2v) is 8.07. The first-order valence-corrected chi connectivity index (χ1v) is 9.87. The molecule has 4 aromatic rings. The molecule has 7 nitrogen and oxygen atoms in total. The lowest BCUT2D eigenvalue weighted by molar-refractivity contribution is 0.324. The van der Waals surface area contributed by atoms with Gasteiger partial charge in [-0.15, -0.1) is 0 Å². The number of anilines is 1. The molecule has 1 fully saturated rings. The van der Waals surface area contributed by atoms with Crippen LogP contribution in [0.2, 0.25) is 0 Å². The Morgan fingerprint density at radius 1 is 1.19 bits per heavy atom. The third-order valence-electron chi connectivity index (χ3n) is 5.69. The van der Waals surface area contributed by atoms with Gasteiger partial charge in [-0.05, 0) is 37.1 Å². The van der Waals surface area contributed by atoms with E-state index < -0.39 is 0 Å². The Labute approximate surface area is 164 Å². The maximum Gasteiger partial charge on any atom is 0.142 e. The number of nitrogens with one attached hydrogen (secondary N) is 2. The van der Waals surface area contributed by atoms with Crippen molar-refractivity contribution in [3.05, 3.63) is 47.1 Å². The van der Waals surface area contributed by atoms with E-state index in [1.54, 1.807) is 6.33 Å². The lowest BCUT2D eigenvalue weighted by Gasteiger charge is -2.40. The monoisotopic (exact) mass is 425 g/mol. The largest absolute Gasteiger partial charge is 0.356 e. The van der Waals surface area contributed by atoms with Crippen molar-refractivity contribution < 1.29 is 0 Å². The van der Waals surface area contributed by atoms with Crippen molar-refractivity contribution in [1.82, 2.24) is 24.9 Å². The number of piperidine rings is 1. The molecule has 4 N–H and O–H groups in total. The normalized spacial score (nSPS) is 17.0. The van der Waals surface area contributed by atoms with Gasteiger partial charge in [0.15, 0.2) is 0 Å². The summed E-state index contributed by atoms with van der Waals surface area (Å²) in [6, 6.07) is 8.16. The molecule has 5 rings (SSSR count). The van der Waals surface area contributed by atoms with Gasteiger partial charge in [0.2, 0.25) is 0 Å². The highest BCUT2D eigenvalue weighted by Crippen LogP contribution is 2.36. The number of fused-ring (bicyclic) bond motifs is 2. The summed E-state index contributed by atoms with van der Waals surface area (Å²) in [4.78, 5) is 22.7. The maximum atomic E-state index is 6.26. The minimum absolute atomic E-state index is 0.133. The van der Waals surface area contributed by atoms with E-state index in [1.165, 1.54) is 0 Å². The minimum atomic E-state index is -0.133. The summed E-state index contributed by atoms with van der Waals surface area (Å²) in [6.45, 7) is 2.34. The van der Waals surface area contributed by atoms with E-state index in [0.717, 1.165) is 64.1 Å². The fraction of sp³-hybridized carbons (Fsp3) is 0.316. The van der Waals surface area contributed by atoms with Crippen LogP contribution >= 0.6 is 15.9 Å². The smallest absolute Gasteiger partial charge is 0.142 e. The predicted octanol–water partition coefficient (Wildman–Crippen LogP) is 3.09. The number of halogens is 1. The molecule has 1 aliphatic rings. The fourth-order valence-corrected chi connectivity index (χ4v) is 4.37. The topological polar surface area (TPSA) is 99.5 Å². The number of hydrogen-bond donors (Lipinski definition) is 3. The number of hydrogen-bond acceptors (Lipinski definition) is 5. The van der Waals surface area contributed by atoms with E-state index >= 15 is 0 Å². The summed E-state index contributed by atoms with van der Waals surface area (Å²) >= 11 is 3.52. The number of benzene rings is 1. The standard InChI is InChI=1S/C19H20BrN7/c20-12-1-2-14-15(9-12)26-18(25-14)19(10-21)4-7-27(8-5-19)17-13-3-6-22-16(13)23-11-24-17/h1-3,6,9,11H,4-5,7-8,10,21H2,(H,25,26)(H,22,23,24). The van der Waals surface area contributed by atoms with Gasteiger partial charge < -0.3 is 20.6 Å². The van der Waals surface area contributed by atoms with Crippen molar-refractivity contribution in [3.8, 4) is 0 Å². The van der Waals surface area contributed by atoms with Crippen molar-refractivity contribution in [2.24, 2.45) is 5.73 Å². The Morgan fingerprint density at radius 3 is 2.85 bits per heavy atom. The lowest BCUT2D eigenvalue weighted by atomic mass is 9.77. The van der Waals surface area contributed by atoms with Gasteiger partial charge in [0.25, 0.3) is 0 Å². The van der Waals surface area contributed by atoms with Gasteiger partial charge in [0.1, 0.15) is 23.6 Å². The van der Waals surface area contributed by atoms with Crippen molar-refractivity contribution >= 4 is 43.8 Å². The van der Waals surface area contributed by atoms with Gasteiger partial charge in [-0.3, -0.25) is 0 Å². The minimum Gasteiger partial charge on any atom is -0.356 e. The van der Waals surface area contributed by atoms with Gasteiger partial charge in [0.05, 0.1) is 16.4 Å². The average molecular weight is 426 g/mol. The molecule has 4 heterocycles. The molecule has 0 bridgehead atoms. The molecule has 0 radical (unpaired) electrons. The highest BCUT2D eigenvalue weighted by Gasteiger charge is 2.38. The number of imidazole rings is 1. The average Bonchev–Trinajstić information content (AvgIpc) is 3.34. The molecule has 0 aliphatic carbocycles. The molecule has 27 heavy (non-hydrogen) atoms. The van der Waals surface area contributed by atoms with Gasteiger partial charge in [-0.2, -0.15) is 0 Å². The first-order valence-electron chi connectivity index (χ1n) is 9.07. The Hall–Kier alpha value is -2.45. The predicted molar refractivity (Wildman–Crippen MR) is 110 cm³/mol. The van der Waals surface area contributed by atoms with E-state index in [0.29, 0.717) is 6.54 Å². The molecule has 0 spiro atoms. The molecular formula is C19H20BrN7. The summed E-state index contributed by atoms with van der Waals surface area (Å²) in [5.41, 5.74) is 9.02. The van der Waals surface area contributed by atoms with Crippen LogP contribution in [0.3, 0.4) is 0 Å². The Balaban J connectivity index is 1.45. The Bertz CT molecular complexity index is 1110. The number of H-pyrrole nitrogens is 2. The van der Waals surface area contributed by atoms with Gasteiger partial charge in [0, 0.05) is 35.7 Å².